The van der Waals surface area contributed by atoms with Crippen LogP contribution in [0.3, 0.4) is 0 Å². The van der Waals surface area contributed by atoms with Crippen LogP contribution in [-0.2, 0) is 11.2 Å². The number of nitrogens with one attached hydrogen (secondary N) is 1. The molecule has 3 rings (SSSR count). The molecule has 0 aliphatic carbocycles. The van der Waals surface area contributed by atoms with Gasteiger partial charge in [0.15, 0.2) is 0 Å². The molecule has 1 aromatic carbocycles. The molecule has 3 amide bonds. The average molecular weight is 398 g/mol. The molecule has 2 heterocycles. The number of imidazole rings is 1. The predicted octanol–water partition coefficient (Wildman–Crippen LogP) is 3.81. The number of benzene rings is 1. The van der Waals surface area contributed by atoms with E-state index in [1.807, 2.05) is 0 Å². The quantitative estimate of drug-likeness (QED) is 0.614. The van der Waals surface area contributed by atoms with Crippen molar-refractivity contribution in [1.82, 2.24) is 14.9 Å². The number of urea groups is 1. The molecule has 0 spiro atoms. The van der Waals surface area contributed by atoms with Gasteiger partial charge < -0.3 is 9.88 Å². The molecule has 0 saturated carbocycles. The highest BCUT2D eigenvalue weighted by Gasteiger charge is 2.51. The number of aromatic nitrogens is 2. The second-order valence-electron chi connectivity index (χ2n) is 6.46. The highest BCUT2D eigenvalue weighted by atomic mass is 32.2. The SMILES string of the molecule is CC1(C)C(=O)N(c2ccc(SC(F)(F)F)cc2)C(=O)N1CCc1ncc[nH]1. The molecular formula is C17H17F3N4O2S. The van der Waals surface area contributed by atoms with Gasteiger partial charge in [-0.25, -0.2) is 14.7 Å². The van der Waals surface area contributed by atoms with Crippen LogP contribution in [0.5, 0.6) is 0 Å². The van der Waals surface area contributed by atoms with Crippen LogP contribution >= 0.6 is 11.8 Å². The number of hydrogen-bond acceptors (Lipinski definition) is 4. The maximum absolute atomic E-state index is 12.8. The number of carbonyl (C=O) groups excluding carboxylic acids is 2. The van der Waals surface area contributed by atoms with Crippen molar-refractivity contribution in [2.75, 3.05) is 11.4 Å². The van der Waals surface area contributed by atoms with Gasteiger partial charge in [0.05, 0.1) is 5.69 Å². The number of halogens is 3. The van der Waals surface area contributed by atoms with Crippen LogP contribution in [0.2, 0.25) is 0 Å². The first kappa shape index (κ1) is 19.3. The minimum atomic E-state index is -4.40. The predicted molar refractivity (Wildman–Crippen MR) is 94.3 cm³/mol. The van der Waals surface area contributed by atoms with Crippen molar-refractivity contribution < 1.29 is 22.8 Å². The van der Waals surface area contributed by atoms with Gasteiger partial charge in [0.1, 0.15) is 11.4 Å². The van der Waals surface area contributed by atoms with Gasteiger partial charge >= 0.3 is 11.5 Å². The molecule has 6 nitrogen and oxygen atoms in total. The van der Waals surface area contributed by atoms with Crippen molar-refractivity contribution >= 4 is 29.4 Å². The second kappa shape index (κ2) is 6.91. The number of alkyl halides is 3. The van der Waals surface area contributed by atoms with Gasteiger partial charge in [-0.15, -0.1) is 0 Å². The summed E-state index contributed by atoms with van der Waals surface area (Å²) < 4.78 is 37.4. The summed E-state index contributed by atoms with van der Waals surface area (Å²) >= 11 is -0.249. The zero-order valence-electron chi connectivity index (χ0n) is 14.6. The molecule has 0 atom stereocenters. The van der Waals surface area contributed by atoms with Crippen molar-refractivity contribution in [3.8, 4) is 0 Å². The zero-order valence-corrected chi connectivity index (χ0v) is 15.4. The van der Waals surface area contributed by atoms with Gasteiger partial charge in [0, 0.05) is 30.3 Å². The van der Waals surface area contributed by atoms with E-state index in [0.717, 1.165) is 4.90 Å². The topological polar surface area (TPSA) is 69.3 Å². The summed E-state index contributed by atoms with van der Waals surface area (Å²) in [6, 6.07) is 4.67. The highest BCUT2D eigenvalue weighted by Crippen LogP contribution is 2.38. The molecule has 2 aromatic rings. The summed E-state index contributed by atoms with van der Waals surface area (Å²) in [5.74, 6) is 0.265. The Balaban J connectivity index is 1.79. The third-order valence-electron chi connectivity index (χ3n) is 4.28. The van der Waals surface area contributed by atoms with E-state index in [4.69, 9.17) is 0 Å². The summed E-state index contributed by atoms with van der Waals surface area (Å²) in [4.78, 5) is 35.1. The summed E-state index contributed by atoms with van der Waals surface area (Å²) in [5, 5.41) is 0. The standard InChI is InChI=1S/C17H17F3N4O2S/c1-16(2)14(25)24(11-3-5-12(6-4-11)27-17(18,19)20)15(26)23(16)10-7-13-21-8-9-22-13/h3-6,8-9H,7,10H2,1-2H3,(H,21,22). The highest BCUT2D eigenvalue weighted by molar-refractivity contribution is 8.00. The maximum Gasteiger partial charge on any atom is 0.446 e. The summed E-state index contributed by atoms with van der Waals surface area (Å²) in [5.41, 5.74) is -5.22. The monoisotopic (exact) mass is 398 g/mol. The Morgan fingerprint density at radius 1 is 1.19 bits per heavy atom. The molecule has 1 saturated heterocycles. The van der Waals surface area contributed by atoms with Crippen LogP contribution in [0.1, 0.15) is 19.7 Å². The second-order valence-corrected chi connectivity index (χ2v) is 7.60. The Morgan fingerprint density at radius 2 is 1.85 bits per heavy atom. The van der Waals surface area contributed by atoms with Crippen molar-refractivity contribution in [3.05, 3.63) is 42.5 Å². The third-order valence-corrected chi connectivity index (χ3v) is 5.02. The maximum atomic E-state index is 12.8. The Kier molecular flexibility index (Phi) is 4.94. The number of hydrogen-bond donors (Lipinski definition) is 1. The van der Waals surface area contributed by atoms with E-state index in [9.17, 15) is 22.8 Å². The first-order valence-electron chi connectivity index (χ1n) is 8.10. The minimum absolute atomic E-state index is 0.0146. The Bertz CT molecular complexity index is 835. The first-order chi connectivity index (χ1) is 12.6. The van der Waals surface area contributed by atoms with Crippen molar-refractivity contribution in [2.24, 2.45) is 0 Å². The Hall–Kier alpha value is -2.49. The largest absolute Gasteiger partial charge is 0.446 e. The number of thioether (sulfide) groups is 1. The zero-order chi connectivity index (χ0) is 19.8. The molecule has 1 aromatic heterocycles. The van der Waals surface area contributed by atoms with Gasteiger partial charge in [-0.05, 0) is 49.9 Å². The lowest BCUT2D eigenvalue weighted by Gasteiger charge is -2.27. The fourth-order valence-electron chi connectivity index (χ4n) is 2.89. The fraction of sp³-hybridized carbons (Fsp3) is 0.353. The normalized spacial score (nSPS) is 17.1. The van der Waals surface area contributed by atoms with E-state index in [2.05, 4.69) is 9.97 Å². The summed E-state index contributed by atoms with van der Waals surface area (Å²) in [6.45, 7) is 3.57. The van der Waals surface area contributed by atoms with Crippen LogP contribution in [0.25, 0.3) is 0 Å². The molecule has 1 N–H and O–H groups in total. The molecular weight excluding hydrogens is 381 g/mol. The van der Waals surface area contributed by atoms with E-state index in [-0.39, 0.29) is 28.9 Å². The van der Waals surface area contributed by atoms with Crippen LogP contribution in [0.4, 0.5) is 23.7 Å². The summed E-state index contributed by atoms with van der Waals surface area (Å²) in [7, 11) is 0. The molecule has 0 bridgehead atoms. The minimum Gasteiger partial charge on any atom is -0.349 e. The number of nitrogens with zero attached hydrogens (tertiary/aromatic N) is 3. The number of rotatable bonds is 5. The summed E-state index contributed by atoms with van der Waals surface area (Å²) in [6.07, 6.45) is 3.72. The Morgan fingerprint density at radius 3 is 2.41 bits per heavy atom. The lowest BCUT2D eigenvalue weighted by Crippen LogP contribution is -2.45. The van der Waals surface area contributed by atoms with E-state index >= 15 is 0 Å². The van der Waals surface area contributed by atoms with Crippen LogP contribution in [-0.4, -0.2) is 44.4 Å². The molecule has 1 aliphatic rings. The first-order valence-corrected chi connectivity index (χ1v) is 8.91. The fourth-order valence-corrected chi connectivity index (χ4v) is 3.43. The van der Waals surface area contributed by atoms with E-state index in [1.165, 1.54) is 29.2 Å². The van der Waals surface area contributed by atoms with E-state index in [1.54, 1.807) is 26.2 Å². The number of H-pyrrole nitrogens is 1. The molecule has 27 heavy (non-hydrogen) atoms. The molecule has 0 radical (unpaired) electrons. The van der Waals surface area contributed by atoms with Gasteiger partial charge in [-0.1, -0.05) is 0 Å². The Labute approximate surface area is 157 Å². The van der Waals surface area contributed by atoms with Crippen LogP contribution in [0, 0.1) is 0 Å². The molecule has 0 unspecified atom stereocenters. The van der Waals surface area contributed by atoms with Crippen LogP contribution < -0.4 is 4.90 Å². The number of aromatic amines is 1. The van der Waals surface area contributed by atoms with Gasteiger partial charge in [-0.3, -0.25) is 4.79 Å². The smallest absolute Gasteiger partial charge is 0.349 e. The van der Waals surface area contributed by atoms with Crippen LogP contribution in [0.15, 0.2) is 41.6 Å². The number of amides is 3. The molecule has 1 fully saturated rings. The van der Waals surface area contributed by atoms with Crippen molar-refractivity contribution in [3.63, 3.8) is 0 Å². The van der Waals surface area contributed by atoms with E-state index in [0.29, 0.717) is 12.2 Å². The molecule has 1 aliphatic heterocycles. The van der Waals surface area contributed by atoms with Crippen molar-refractivity contribution in [1.29, 1.82) is 0 Å². The average Bonchev–Trinajstić information content (AvgIpc) is 3.13. The van der Waals surface area contributed by atoms with E-state index < -0.39 is 23.0 Å². The lowest BCUT2D eigenvalue weighted by atomic mass is 10.0. The number of anilines is 1. The van der Waals surface area contributed by atoms with Crippen molar-refractivity contribution in [2.45, 2.75) is 36.2 Å². The van der Waals surface area contributed by atoms with Gasteiger partial charge in [0.2, 0.25) is 0 Å². The number of imide groups is 1. The lowest BCUT2D eigenvalue weighted by molar-refractivity contribution is -0.123. The van der Waals surface area contributed by atoms with Gasteiger partial charge in [0.25, 0.3) is 5.91 Å². The number of carbonyl (C=O) groups is 2. The molecule has 144 valence electrons. The molecule has 10 heteroatoms. The third kappa shape index (κ3) is 3.95. The van der Waals surface area contributed by atoms with Gasteiger partial charge in [-0.2, -0.15) is 13.2 Å².